The first kappa shape index (κ1) is 13.5. The standard InChI is InChI=1S/C13H13F3O/c1-3-9-17-13(2,11(14)12(15)16)10-7-5-4-6-8-10/h3-8H,1,9H2,2H3. The van der Waals surface area contributed by atoms with Gasteiger partial charge in [-0.05, 0) is 12.5 Å². The highest BCUT2D eigenvalue weighted by Crippen LogP contribution is 2.36. The zero-order valence-electron chi connectivity index (χ0n) is 9.42. The molecule has 0 amide bonds. The van der Waals surface area contributed by atoms with Crippen molar-refractivity contribution in [3.8, 4) is 0 Å². The molecule has 1 aromatic rings. The summed E-state index contributed by atoms with van der Waals surface area (Å²) < 4.78 is 43.6. The van der Waals surface area contributed by atoms with Crippen LogP contribution in [0.25, 0.3) is 0 Å². The van der Waals surface area contributed by atoms with Crippen molar-refractivity contribution in [2.45, 2.75) is 12.5 Å². The second kappa shape index (κ2) is 5.68. The Morgan fingerprint density at radius 3 is 2.35 bits per heavy atom. The predicted octanol–water partition coefficient (Wildman–Crippen LogP) is 4.18. The normalized spacial score (nSPS) is 13.9. The van der Waals surface area contributed by atoms with E-state index in [0.29, 0.717) is 5.56 Å². The largest absolute Gasteiger partial charge is 0.359 e. The van der Waals surface area contributed by atoms with Crippen LogP contribution in [0.5, 0.6) is 0 Å². The summed E-state index contributed by atoms with van der Waals surface area (Å²) in [4.78, 5) is 0. The fraction of sp³-hybridized carbons (Fsp3) is 0.231. The second-order valence-corrected chi connectivity index (χ2v) is 3.57. The van der Waals surface area contributed by atoms with Crippen LogP contribution in [0, 0.1) is 0 Å². The molecule has 92 valence electrons. The monoisotopic (exact) mass is 242 g/mol. The van der Waals surface area contributed by atoms with E-state index >= 15 is 0 Å². The van der Waals surface area contributed by atoms with Crippen LogP contribution in [-0.2, 0) is 10.3 Å². The Labute approximate surface area is 98.2 Å². The van der Waals surface area contributed by atoms with Gasteiger partial charge < -0.3 is 4.74 Å². The van der Waals surface area contributed by atoms with Gasteiger partial charge in [0.15, 0.2) is 0 Å². The minimum absolute atomic E-state index is 0.0217. The van der Waals surface area contributed by atoms with Crippen molar-refractivity contribution in [3.05, 3.63) is 60.5 Å². The average molecular weight is 242 g/mol. The van der Waals surface area contributed by atoms with Crippen molar-refractivity contribution >= 4 is 0 Å². The number of hydrogen-bond donors (Lipinski definition) is 0. The van der Waals surface area contributed by atoms with Crippen LogP contribution in [0.4, 0.5) is 13.2 Å². The van der Waals surface area contributed by atoms with Crippen LogP contribution in [0.15, 0.2) is 54.9 Å². The topological polar surface area (TPSA) is 9.23 Å². The molecule has 0 aromatic heterocycles. The van der Waals surface area contributed by atoms with Gasteiger partial charge in [0.25, 0.3) is 0 Å². The van der Waals surface area contributed by atoms with Crippen molar-refractivity contribution in [1.82, 2.24) is 0 Å². The summed E-state index contributed by atoms with van der Waals surface area (Å²) in [6, 6.07) is 8.05. The summed E-state index contributed by atoms with van der Waals surface area (Å²) in [7, 11) is 0. The molecule has 0 saturated heterocycles. The Morgan fingerprint density at radius 1 is 1.29 bits per heavy atom. The Balaban J connectivity index is 3.20. The summed E-state index contributed by atoms with van der Waals surface area (Å²) in [6.07, 6.45) is -0.995. The molecule has 0 saturated carbocycles. The lowest BCUT2D eigenvalue weighted by atomic mass is 9.94. The lowest BCUT2D eigenvalue weighted by Gasteiger charge is -2.27. The maximum Gasteiger partial charge on any atom is 0.304 e. The van der Waals surface area contributed by atoms with Gasteiger partial charge in [-0.2, -0.15) is 8.78 Å². The minimum Gasteiger partial charge on any atom is -0.359 e. The van der Waals surface area contributed by atoms with Gasteiger partial charge in [-0.15, -0.1) is 6.58 Å². The van der Waals surface area contributed by atoms with Crippen molar-refractivity contribution in [1.29, 1.82) is 0 Å². The van der Waals surface area contributed by atoms with Gasteiger partial charge in [-0.25, -0.2) is 4.39 Å². The molecule has 0 aliphatic heterocycles. The first-order valence-corrected chi connectivity index (χ1v) is 5.04. The first-order valence-electron chi connectivity index (χ1n) is 5.04. The number of halogens is 3. The van der Waals surface area contributed by atoms with Crippen LogP contribution >= 0.6 is 0 Å². The fourth-order valence-corrected chi connectivity index (χ4v) is 1.44. The average Bonchev–Trinajstić information content (AvgIpc) is 2.36. The molecule has 0 radical (unpaired) electrons. The third kappa shape index (κ3) is 2.97. The lowest BCUT2D eigenvalue weighted by Crippen LogP contribution is -2.27. The molecule has 0 heterocycles. The molecule has 1 aromatic carbocycles. The zero-order chi connectivity index (χ0) is 12.9. The van der Waals surface area contributed by atoms with Gasteiger partial charge in [0.2, 0.25) is 5.83 Å². The van der Waals surface area contributed by atoms with Crippen molar-refractivity contribution < 1.29 is 17.9 Å². The Hall–Kier alpha value is -1.55. The maximum absolute atomic E-state index is 13.6. The summed E-state index contributed by atoms with van der Waals surface area (Å²) in [5, 5.41) is 0. The Morgan fingerprint density at radius 2 is 1.88 bits per heavy atom. The first-order chi connectivity index (χ1) is 8.02. The van der Waals surface area contributed by atoms with Gasteiger partial charge in [-0.3, -0.25) is 0 Å². The van der Waals surface area contributed by atoms with E-state index in [1.54, 1.807) is 18.2 Å². The molecular weight excluding hydrogens is 229 g/mol. The van der Waals surface area contributed by atoms with Crippen molar-refractivity contribution in [3.63, 3.8) is 0 Å². The van der Waals surface area contributed by atoms with E-state index in [1.807, 2.05) is 0 Å². The van der Waals surface area contributed by atoms with E-state index in [2.05, 4.69) is 6.58 Å². The molecule has 0 bridgehead atoms. The van der Waals surface area contributed by atoms with Crippen LogP contribution in [0.2, 0.25) is 0 Å². The van der Waals surface area contributed by atoms with Gasteiger partial charge >= 0.3 is 6.08 Å². The van der Waals surface area contributed by atoms with Crippen LogP contribution < -0.4 is 0 Å². The molecule has 17 heavy (non-hydrogen) atoms. The highest BCUT2D eigenvalue weighted by Gasteiger charge is 2.36. The highest BCUT2D eigenvalue weighted by atomic mass is 19.3. The molecule has 4 heteroatoms. The molecule has 0 aliphatic rings. The predicted molar refractivity (Wildman–Crippen MR) is 60.3 cm³/mol. The van der Waals surface area contributed by atoms with Crippen LogP contribution in [-0.4, -0.2) is 6.61 Å². The quantitative estimate of drug-likeness (QED) is 0.704. The van der Waals surface area contributed by atoms with E-state index in [0.717, 1.165) is 0 Å². The molecular formula is C13H13F3O. The van der Waals surface area contributed by atoms with E-state index in [4.69, 9.17) is 4.74 Å². The fourth-order valence-electron chi connectivity index (χ4n) is 1.44. The summed E-state index contributed by atoms with van der Waals surface area (Å²) in [6.45, 7) is 4.65. The van der Waals surface area contributed by atoms with Gasteiger partial charge in [0.1, 0.15) is 5.60 Å². The third-order valence-electron chi connectivity index (χ3n) is 2.40. The van der Waals surface area contributed by atoms with Crippen LogP contribution in [0.1, 0.15) is 12.5 Å². The van der Waals surface area contributed by atoms with Crippen LogP contribution in [0.3, 0.4) is 0 Å². The summed E-state index contributed by atoms with van der Waals surface area (Å²) in [5.41, 5.74) is -1.46. The summed E-state index contributed by atoms with van der Waals surface area (Å²) in [5.74, 6) is -1.58. The lowest BCUT2D eigenvalue weighted by molar-refractivity contribution is -0.0120. The molecule has 1 unspecified atom stereocenters. The van der Waals surface area contributed by atoms with Gasteiger partial charge in [-0.1, -0.05) is 36.4 Å². The van der Waals surface area contributed by atoms with Gasteiger partial charge in [0.05, 0.1) is 6.61 Å². The number of benzene rings is 1. The van der Waals surface area contributed by atoms with E-state index in [1.165, 1.54) is 25.1 Å². The smallest absolute Gasteiger partial charge is 0.304 e. The van der Waals surface area contributed by atoms with E-state index in [-0.39, 0.29) is 6.61 Å². The molecule has 0 N–H and O–H groups in total. The second-order valence-electron chi connectivity index (χ2n) is 3.57. The SMILES string of the molecule is C=CCOC(C)(C(F)=C(F)F)c1ccccc1. The molecule has 1 rings (SSSR count). The Kier molecular flexibility index (Phi) is 4.52. The molecule has 1 nitrogen and oxygen atoms in total. The van der Waals surface area contributed by atoms with Crippen molar-refractivity contribution in [2.75, 3.05) is 6.61 Å². The van der Waals surface area contributed by atoms with Gasteiger partial charge in [0, 0.05) is 0 Å². The third-order valence-corrected chi connectivity index (χ3v) is 2.40. The molecule has 0 aliphatic carbocycles. The summed E-state index contributed by atoms with van der Waals surface area (Å²) >= 11 is 0. The molecule has 0 fully saturated rings. The minimum atomic E-state index is -2.37. The Bertz CT molecular complexity index is 410. The highest BCUT2D eigenvalue weighted by molar-refractivity contribution is 5.29. The van der Waals surface area contributed by atoms with E-state index in [9.17, 15) is 13.2 Å². The molecule has 1 atom stereocenters. The molecule has 0 spiro atoms. The van der Waals surface area contributed by atoms with Crippen molar-refractivity contribution in [2.24, 2.45) is 0 Å². The van der Waals surface area contributed by atoms with E-state index < -0.39 is 17.5 Å². The number of ether oxygens (including phenoxy) is 1. The maximum atomic E-state index is 13.6. The number of hydrogen-bond acceptors (Lipinski definition) is 1. The zero-order valence-corrected chi connectivity index (χ0v) is 9.42. The number of rotatable bonds is 5.